The Labute approximate surface area is 124 Å². The largest absolute Gasteiger partial charge is 0.380 e. The number of ether oxygens (including phenoxy) is 1. The highest BCUT2D eigenvalue weighted by molar-refractivity contribution is 7.89. The number of rotatable bonds is 4. The summed E-state index contributed by atoms with van der Waals surface area (Å²) >= 11 is 0. The molecular weight excluding hydrogens is 292 g/mol. The average Bonchev–Trinajstić information content (AvgIpc) is 3.10. The molecule has 2 aliphatic heterocycles. The Morgan fingerprint density at radius 2 is 2.00 bits per heavy atom. The van der Waals surface area contributed by atoms with Gasteiger partial charge in [0.2, 0.25) is 15.9 Å². The summed E-state index contributed by atoms with van der Waals surface area (Å²) in [6.45, 7) is 1.70. The average molecular weight is 310 g/mol. The maximum absolute atomic E-state index is 12.2. The minimum absolute atomic E-state index is 0.0897. The molecule has 0 aliphatic carbocycles. The zero-order valence-electron chi connectivity index (χ0n) is 11.6. The van der Waals surface area contributed by atoms with Gasteiger partial charge in [-0.15, -0.1) is 0 Å². The van der Waals surface area contributed by atoms with Gasteiger partial charge in [0.1, 0.15) is 0 Å². The fourth-order valence-electron chi connectivity index (χ4n) is 2.64. The summed E-state index contributed by atoms with van der Waals surface area (Å²) in [6, 6.07) is 6.29. The Bertz CT molecular complexity index is 621. The van der Waals surface area contributed by atoms with Crippen molar-refractivity contribution >= 4 is 21.6 Å². The van der Waals surface area contributed by atoms with Crippen LogP contribution in [0.1, 0.15) is 19.3 Å². The zero-order chi connectivity index (χ0) is 14.9. The zero-order valence-corrected chi connectivity index (χ0v) is 12.4. The molecule has 21 heavy (non-hydrogen) atoms. The van der Waals surface area contributed by atoms with Gasteiger partial charge in [0.05, 0.1) is 11.5 Å². The van der Waals surface area contributed by atoms with Gasteiger partial charge in [-0.05, 0) is 37.1 Å². The third kappa shape index (κ3) is 3.09. The third-order valence-corrected chi connectivity index (χ3v) is 5.32. The summed E-state index contributed by atoms with van der Waals surface area (Å²) in [6.07, 6.45) is 2.10. The van der Waals surface area contributed by atoms with Crippen LogP contribution in [-0.2, 0) is 19.6 Å². The maximum Gasteiger partial charge on any atom is 0.240 e. The van der Waals surface area contributed by atoms with E-state index in [0.29, 0.717) is 32.6 Å². The Hall–Kier alpha value is -1.44. The number of anilines is 1. The Morgan fingerprint density at radius 3 is 2.57 bits per heavy atom. The number of sulfonamides is 1. The molecule has 3 rings (SSSR count). The van der Waals surface area contributed by atoms with Gasteiger partial charge < -0.3 is 9.64 Å². The quantitative estimate of drug-likeness (QED) is 0.896. The first-order valence-electron chi connectivity index (χ1n) is 7.07. The lowest BCUT2D eigenvalue weighted by Gasteiger charge is -2.16. The normalized spacial score (nSPS) is 23.0. The van der Waals surface area contributed by atoms with Crippen LogP contribution in [0.2, 0.25) is 0 Å². The van der Waals surface area contributed by atoms with Crippen LogP contribution >= 0.6 is 0 Å². The molecule has 2 saturated heterocycles. The second-order valence-corrected chi connectivity index (χ2v) is 7.04. The van der Waals surface area contributed by atoms with Crippen molar-refractivity contribution in [2.45, 2.75) is 30.2 Å². The molecule has 0 aromatic heterocycles. The minimum atomic E-state index is -3.53. The molecule has 2 fully saturated rings. The van der Waals surface area contributed by atoms with Gasteiger partial charge in [0.25, 0.3) is 0 Å². The molecule has 1 aromatic rings. The monoisotopic (exact) mass is 310 g/mol. The number of benzene rings is 1. The van der Waals surface area contributed by atoms with E-state index in [1.165, 1.54) is 0 Å². The van der Waals surface area contributed by atoms with Crippen LogP contribution in [0.25, 0.3) is 0 Å². The highest BCUT2D eigenvalue weighted by Crippen LogP contribution is 2.23. The van der Waals surface area contributed by atoms with Crippen molar-refractivity contribution in [2.24, 2.45) is 0 Å². The molecule has 0 radical (unpaired) electrons. The van der Waals surface area contributed by atoms with E-state index in [1.54, 1.807) is 29.2 Å². The van der Waals surface area contributed by atoms with Crippen LogP contribution in [0.15, 0.2) is 29.2 Å². The van der Waals surface area contributed by atoms with Crippen molar-refractivity contribution in [2.75, 3.05) is 24.7 Å². The van der Waals surface area contributed by atoms with Crippen LogP contribution in [0.3, 0.4) is 0 Å². The van der Waals surface area contributed by atoms with Gasteiger partial charge in [-0.3, -0.25) is 4.79 Å². The van der Waals surface area contributed by atoms with Crippen LogP contribution in [0.5, 0.6) is 0 Å². The van der Waals surface area contributed by atoms with Crippen molar-refractivity contribution in [1.29, 1.82) is 0 Å². The summed E-state index contributed by atoms with van der Waals surface area (Å²) in [5.41, 5.74) is 0.751. The molecule has 1 atom stereocenters. The molecule has 7 heteroatoms. The summed E-state index contributed by atoms with van der Waals surface area (Å²) in [7, 11) is -3.53. The highest BCUT2D eigenvalue weighted by atomic mass is 32.2. The second-order valence-electron chi connectivity index (χ2n) is 5.32. The van der Waals surface area contributed by atoms with E-state index in [0.717, 1.165) is 12.1 Å². The maximum atomic E-state index is 12.2. The van der Waals surface area contributed by atoms with Crippen LogP contribution in [-0.4, -0.2) is 40.1 Å². The summed E-state index contributed by atoms with van der Waals surface area (Å²) in [5, 5.41) is 0. The van der Waals surface area contributed by atoms with Crippen molar-refractivity contribution in [1.82, 2.24) is 4.72 Å². The molecule has 2 heterocycles. The van der Waals surface area contributed by atoms with Crippen LogP contribution in [0.4, 0.5) is 5.69 Å². The van der Waals surface area contributed by atoms with Gasteiger partial charge in [-0.1, -0.05) is 0 Å². The molecule has 114 valence electrons. The van der Waals surface area contributed by atoms with Crippen molar-refractivity contribution in [3.8, 4) is 0 Å². The number of nitrogens with one attached hydrogen (secondary N) is 1. The lowest BCUT2D eigenvalue weighted by Crippen LogP contribution is -2.35. The molecule has 6 nitrogen and oxygen atoms in total. The molecule has 0 spiro atoms. The van der Waals surface area contributed by atoms with Gasteiger partial charge >= 0.3 is 0 Å². The fourth-order valence-corrected chi connectivity index (χ4v) is 3.90. The van der Waals surface area contributed by atoms with Gasteiger partial charge in [-0.25, -0.2) is 13.1 Å². The van der Waals surface area contributed by atoms with E-state index in [2.05, 4.69) is 4.72 Å². The first kappa shape index (κ1) is 14.5. The predicted octanol–water partition coefficient (Wildman–Crippen LogP) is 0.881. The molecule has 2 aliphatic rings. The minimum Gasteiger partial charge on any atom is -0.380 e. The topological polar surface area (TPSA) is 75.7 Å². The van der Waals surface area contributed by atoms with E-state index in [4.69, 9.17) is 4.74 Å². The smallest absolute Gasteiger partial charge is 0.240 e. The van der Waals surface area contributed by atoms with Crippen molar-refractivity contribution < 1.29 is 17.9 Å². The van der Waals surface area contributed by atoms with E-state index in [9.17, 15) is 13.2 Å². The van der Waals surface area contributed by atoms with Gasteiger partial charge in [-0.2, -0.15) is 0 Å². The first-order chi connectivity index (χ1) is 10.1. The summed E-state index contributed by atoms with van der Waals surface area (Å²) in [5.74, 6) is 0.0897. The predicted molar refractivity (Wildman–Crippen MR) is 77.6 cm³/mol. The third-order valence-electron chi connectivity index (χ3n) is 3.78. The summed E-state index contributed by atoms with van der Waals surface area (Å²) in [4.78, 5) is 13.6. The van der Waals surface area contributed by atoms with Crippen molar-refractivity contribution in [3.63, 3.8) is 0 Å². The fraction of sp³-hybridized carbons (Fsp3) is 0.500. The van der Waals surface area contributed by atoms with Gasteiger partial charge in [0, 0.05) is 31.3 Å². The van der Waals surface area contributed by atoms with Crippen LogP contribution in [0, 0.1) is 0 Å². The van der Waals surface area contributed by atoms with Crippen molar-refractivity contribution in [3.05, 3.63) is 24.3 Å². The molecular formula is C14H18N2O4S. The lowest BCUT2D eigenvalue weighted by atomic mass is 10.3. The number of amides is 1. The number of hydrogen-bond acceptors (Lipinski definition) is 4. The first-order valence-corrected chi connectivity index (χ1v) is 8.55. The van der Waals surface area contributed by atoms with E-state index in [-0.39, 0.29) is 16.8 Å². The molecule has 1 amide bonds. The number of nitrogens with zero attached hydrogens (tertiary/aromatic N) is 1. The Morgan fingerprint density at radius 1 is 1.24 bits per heavy atom. The second kappa shape index (κ2) is 5.75. The van der Waals surface area contributed by atoms with E-state index >= 15 is 0 Å². The lowest BCUT2D eigenvalue weighted by molar-refractivity contribution is -0.117. The highest BCUT2D eigenvalue weighted by Gasteiger charge is 2.25. The molecule has 1 unspecified atom stereocenters. The van der Waals surface area contributed by atoms with Crippen LogP contribution < -0.4 is 9.62 Å². The standard InChI is InChI=1S/C14H18N2O4S/c17-14-2-1-8-16(14)12-3-5-13(6-4-12)21(18,19)15-11-7-9-20-10-11/h3-6,11,15H,1-2,7-10H2. The van der Waals surface area contributed by atoms with E-state index < -0.39 is 10.0 Å². The number of hydrogen-bond donors (Lipinski definition) is 1. The SMILES string of the molecule is O=C1CCCN1c1ccc(S(=O)(=O)NC2CCOC2)cc1. The number of carbonyl (C=O) groups is 1. The molecule has 0 saturated carbocycles. The summed E-state index contributed by atoms with van der Waals surface area (Å²) < 4.78 is 32.3. The number of carbonyl (C=O) groups excluding carboxylic acids is 1. The van der Waals surface area contributed by atoms with E-state index in [1.807, 2.05) is 0 Å². The molecule has 1 N–H and O–H groups in total. The Balaban J connectivity index is 1.75. The molecule has 0 bridgehead atoms. The van der Waals surface area contributed by atoms with Gasteiger partial charge in [0.15, 0.2) is 0 Å². The Kier molecular flexibility index (Phi) is 3.97. The molecule has 1 aromatic carbocycles.